The quantitative estimate of drug-likeness (QED) is 0.817. The number of hydrogen-bond acceptors (Lipinski definition) is 3. The Morgan fingerprint density at radius 2 is 1.95 bits per heavy atom. The summed E-state index contributed by atoms with van der Waals surface area (Å²) in [4.78, 5) is 15.2. The summed E-state index contributed by atoms with van der Waals surface area (Å²) in [5.74, 6) is 0. The number of carbonyl (C=O) groups is 1. The van der Waals surface area contributed by atoms with Crippen molar-refractivity contribution in [3.8, 4) is 0 Å². The molecule has 112 valence electrons. The third kappa shape index (κ3) is 5.36. The number of hydrogen-bond donors (Lipinski definition) is 1. The van der Waals surface area contributed by atoms with Gasteiger partial charge in [-0.1, -0.05) is 6.07 Å². The van der Waals surface area contributed by atoms with Crippen molar-refractivity contribution < 1.29 is 22.7 Å². The average molecular weight is 355 g/mol. The van der Waals surface area contributed by atoms with Gasteiger partial charge in [0.2, 0.25) is 0 Å². The van der Waals surface area contributed by atoms with Gasteiger partial charge in [-0.15, -0.1) is 0 Å². The van der Waals surface area contributed by atoms with Crippen molar-refractivity contribution in [2.75, 3.05) is 0 Å². The Morgan fingerprint density at radius 1 is 1.35 bits per heavy atom. The molecule has 1 unspecified atom stereocenters. The van der Waals surface area contributed by atoms with Gasteiger partial charge in [-0.3, -0.25) is 0 Å². The van der Waals surface area contributed by atoms with Crippen LogP contribution in [0.3, 0.4) is 0 Å². The molecule has 0 saturated carbocycles. The van der Waals surface area contributed by atoms with Gasteiger partial charge in [-0.25, -0.2) is 9.78 Å². The number of alkyl halides is 3. The van der Waals surface area contributed by atoms with Crippen LogP contribution in [0.4, 0.5) is 18.0 Å². The minimum Gasteiger partial charge on any atom is -0.444 e. The van der Waals surface area contributed by atoms with Gasteiger partial charge >= 0.3 is 12.3 Å². The SMILES string of the molecule is CC(C)(C)OC(=O)NC(c1cccc(Br)n1)C(F)(F)F. The lowest BCUT2D eigenvalue weighted by molar-refractivity contribution is -0.157. The van der Waals surface area contributed by atoms with Crippen molar-refractivity contribution in [3.63, 3.8) is 0 Å². The minimum atomic E-state index is -4.68. The van der Waals surface area contributed by atoms with Crippen LogP contribution in [0.25, 0.3) is 0 Å². The highest BCUT2D eigenvalue weighted by atomic mass is 79.9. The number of rotatable bonds is 2. The molecule has 1 aromatic heterocycles. The van der Waals surface area contributed by atoms with Crippen LogP contribution in [0.1, 0.15) is 32.5 Å². The topological polar surface area (TPSA) is 51.2 Å². The third-order valence-electron chi connectivity index (χ3n) is 2.02. The standard InChI is InChI=1S/C12H14BrF3N2O2/c1-11(2,3)20-10(19)18-9(12(14,15)16)7-5-4-6-8(13)17-7/h4-6,9H,1-3H3,(H,18,19). The van der Waals surface area contributed by atoms with E-state index in [1.165, 1.54) is 18.2 Å². The molecule has 0 radical (unpaired) electrons. The smallest absolute Gasteiger partial charge is 0.414 e. The van der Waals surface area contributed by atoms with Gasteiger partial charge in [0.15, 0.2) is 6.04 Å². The number of amides is 1. The molecule has 0 saturated heterocycles. The molecule has 0 aliphatic carbocycles. The fourth-order valence-electron chi connectivity index (χ4n) is 1.33. The molecule has 0 fully saturated rings. The summed E-state index contributed by atoms with van der Waals surface area (Å²) in [7, 11) is 0. The highest BCUT2D eigenvalue weighted by Crippen LogP contribution is 2.32. The molecular formula is C12H14BrF3N2O2. The first-order chi connectivity index (χ1) is 8.99. The van der Waals surface area contributed by atoms with E-state index in [4.69, 9.17) is 4.74 Å². The van der Waals surface area contributed by atoms with E-state index in [2.05, 4.69) is 20.9 Å². The number of nitrogens with zero attached hydrogens (tertiary/aromatic N) is 1. The van der Waals surface area contributed by atoms with E-state index in [1.54, 1.807) is 26.1 Å². The average Bonchev–Trinajstić information content (AvgIpc) is 2.21. The van der Waals surface area contributed by atoms with Crippen LogP contribution in [-0.2, 0) is 4.74 Å². The Balaban J connectivity index is 2.95. The summed E-state index contributed by atoms with van der Waals surface area (Å²) in [5, 5.41) is 1.79. The van der Waals surface area contributed by atoms with E-state index in [0.717, 1.165) is 0 Å². The van der Waals surface area contributed by atoms with E-state index in [0.29, 0.717) is 0 Å². The van der Waals surface area contributed by atoms with E-state index in [-0.39, 0.29) is 10.3 Å². The second kappa shape index (κ2) is 5.99. The normalized spacial score (nSPS) is 13.8. The molecule has 0 aromatic carbocycles. The lowest BCUT2D eigenvalue weighted by Crippen LogP contribution is -2.41. The molecule has 0 bridgehead atoms. The van der Waals surface area contributed by atoms with Gasteiger partial charge in [0, 0.05) is 0 Å². The molecule has 8 heteroatoms. The number of halogens is 4. The lowest BCUT2D eigenvalue weighted by atomic mass is 10.2. The fourth-order valence-corrected chi connectivity index (χ4v) is 1.69. The van der Waals surface area contributed by atoms with Crippen LogP contribution in [0.5, 0.6) is 0 Å². The first-order valence-corrected chi connectivity index (χ1v) is 6.47. The lowest BCUT2D eigenvalue weighted by Gasteiger charge is -2.24. The Morgan fingerprint density at radius 3 is 2.40 bits per heavy atom. The molecule has 0 aliphatic rings. The number of carbonyl (C=O) groups excluding carboxylic acids is 1. The summed E-state index contributed by atoms with van der Waals surface area (Å²) in [6, 6.07) is 1.85. The van der Waals surface area contributed by atoms with E-state index >= 15 is 0 Å². The predicted octanol–water partition coefficient (Wildman–Crippen LogP) is 3.97. The van der Waals surface area contributed by atoms with Crippen molar-refractivity contribution in [1.82, 2.24) is 10.3 Å². The van der Waals surface area contributed by atoms with Crippen molar-refractivity contribution in [1.29, 1.82) is 0 Å². The van der Waals surface area contributed by atoms with Crippen LogP contribution in [0.2, 0.25) is 0 Å². The second-order valence-corrected chi connectivity index (χ2v) is 5.82. The zero-order chi connectivity index (χ0) is 15.6. The monoisotopic (exact) mass is 354 g/mol. The van der Waals surface area contributed by atoms with Crippen LogP contribution in [0.15, 0.2) is 22.8 Å². The number of nitrogens with one attached hydrogen (secondary N) is 1. The Bertz CT molecular complexity index is 486. The molecule has 1 N–H and O–H groups in total. The van der Waals surface area contributed by atoms with Gasteiger partial charge < -0.3 is 10.1 Å². The van der Waals surface area contributed by atoms with E-state index in [1.807, 2.05) is 0 Å². The molecule has 4 nitrogen and oxygen atoms in total. The van der Waals surface area contributed by atoms with Crippen molar-refractivity contribution in [2.45, 2.75) is 38.6 Å². The number of aromatic nitrogens is 1. The van der Waals surface area contributed by atoms with Gasteiger partial charge in [0.25, 0.3) is 0 Å². The second-order valence-electron chi connectivity index (χ2n) is 5.01. The van der Waals surface area contributed by atoms with Crippen LogP contribution in [-0.4, -0.2) is 22.9 Å². The van der Waals surface area contributed by atoms with Crippen molar-refractivity contribution in [3.05, 3.63) is 28.5 Å². The molecular weight excluding hydrogens is 341 g/mol. The van der Waals surface area contributed by atoms with Crippen LogP contribution >= 0.6 is 15.9 Å². The molecule has 0 aliphatic heterocycles. The molecule has 20 heavy (non-hydrogen) atoms. The maximum Gasteiger partial charge on any atom is 0.414 e. The maximum absolute atomic E-state index is 13.0. The summed E-state index contributed by atoms with van der Waals surface area (Å²) in [5.41, 5.74) is -1.21. The predicted molar refractivity (Wildman–Crippen MR) is 70.1 cm³/mol. The summed E-state index contributed by atoms with van der Waals surface area (Å²) in [6.07, 6.45) is -5.83. The molecule has 1 heterocycles. The summed E-state index contributed by atoms with van der Waals surface area (Å²) < 4.78 is 44.1. The van der Waals surface area contributed by atoms with Gasteiger partial charge in [0.05, 0.1) is 5.69 Å². The molecule has 1 amide bonds. The van der Waals surface area contributed by atoms with Crippen LogP contribution in [0, 0.1) is 0 Å². The van der Waals surface area contributed by atoms with Crippen LogP contribution < -0.4 is 5.32 Å². The first kappa shape index (κ1) is 16.7. The third-order valence-corrected chi connectivity index (χ3v) is 2.46. The number of pyridine rings is 1. The minimum absolute atomic E-state index is 0.246. The van der Waals surface area contributed by atoms with Crippen molar-refractivity contribution in [2.24, 2.45) is 0 Å². The summed E-state index contributed by atoms with van der Waals surface area (Å²) >= 11 is 2.99. The van der Waals surface area contributed by atoms with E-state index < -0.39 is 23.9 Å². The maximum atomic E-state index is 13.0. The number of ether oxygens (including phenoxy) is 1. The largest absolute Gasteiger partial charge is 0.444 e. The highest BCUT2D eigenvalue weighted by Gasteiger charge is 2.43. The fraction of sp³-hybridized carbons (Fsp3) is 0.500. The number of alkyl carbamates (subject to hydrolysis) is 1. The summed E-state index contributed by atoms with van der Waals surface area (Å²) in [6.45, 7) is 4.69. The Labute approximate surface area is 122 Å². The zero-order valence-corrected chi connectivity index (χ0v) is 12.7. The molecule has 1 atom stereocenters. The first-order valence-electron chi connectivity index (χ1n) is 5.68. The molecule has 1 rings (SSSR count). The zero-order valence-electron chi connectivity index (χ0n) is 11.1. The molecule has 0 spiro atoms. The van der Waals surface area contributed by atoms with Crippen molar-refractivity contribution >= 4 is 22.0 Å². The highest BCUT2D eigenvalue weighted by molar-refractivity contribution is 9.10. The Kier molecular flexibility index (Phi) is 5.01. The van der Waals surface area contributed by atoms with E-state index in [9.17, 15) is 18.0 Å². The van der Waals surface area contributed by atoms with Gasteiger partial charge in [-0.2, -0.15) is 13.2 Å². The van der Waals surface area contributed by atoms with Gasteiger partial charge in [0.1, 0.15) is 10.2 Å². The Hall–Kier alpha value is -1.31. The molecule has 1 aromatic rings. The van der Waals surface area contributed by atoms with Gasteiger partial charge in [-0.05, 0) is 48.8 Å².